The van der Waals surface area contributed by atoms with E-state index in [2.05, 4.69) is 30.8 Å². The Bertz CT molecular complexity index is 2030. The molecule has 1 aliphatic heterocycles. The number of aryl methyl sites for hydroxylation is 2. The third-order valence-corrected chi connectivity index (χ3v) is 7.77. The lowest BCUT2D eigenvalue weighted by molar-refractivity contribution is -0.131. The van der Waals surface area contributed by atoms with Crippen molar-refractivity contribution in [2.24, 2.45) is 5.92 Å². The molecule has 45 heavy (non-hydrogen) atoms. The number of nitrogens with zero attached hydrogens (tertiary/aromatic N) is 7. The number of pyridine rings is 1. The average Bonchev–Trinajstić information content (AvgIpc) is 3.00. The summed E-state index contributed by atoms with van der Waals surface area (Å²) in [5.41, 5.74) is 1.90. The first-order valence-electron chi connectivity index (χ1n) is 14.3. The van der Waals surface area contributed by atoms with Crippen LogP contribution >= 0.6 is 0 Å². The van der Waals surface area contributed by atoms with Crippen LogP contribution in [0.4, 0.5) is 14.6 Å². The second-order valence-electron chi connectivity index (χ2n) is 11.0. The van der Waals surface area contributed by atoms with Crippen LogP contribution in [0.3, 0.4) is 0 Å². The van der Waals surface area contributed by atoms with E-state index >= 15 is 4.39 Å². The monoisotopic (exact) mass is 605 g/mol. The van der Waals surface area contributed by atoms with Crippen molar-refractivity contribution in [1.29, 1.82) is 0 Å². The van der Waals surface area contributed by atoms with Crippen LogP contribution in [-0.4, -0.2) is 69.5 Å². The van der Waals surface area contributed by atoms with Crippen LogP contribution in [0, 0.1) is 43.7 Å². The van der Waals surface area contributed by atoms with Crippen molar-refractivity contribution in [2.45, 2.75) is 13.8 Å². The summed E-state index contributed by atoms with van der Waals surface area (Å²) in [6, 6.07) is 9.86. The molecule has 6 rings (SSSR count). The summed E-state index contributed by atoms with van der Waals surface area (Å²) in [4.78, 5) is 38.2. The average molecular weight is 606 g/mol. The number of aromatic nitrogens is 5. The van der Waals surface area contributed by atoms with Crippen LogP contribution < -0.4 is 9.64 Å². The van der Waals surface area contributed by atoms with Crippen molar-refractivity contribution < 1.29 is 18.3 Å². The van der Waals surface area contributed by atoms with E-state index in [-0.39, 0.29) is 34.6 Å². The Morgan fingerprint density at radius 1 is 1.16 bits per heavy atom. The maximum Gasteiger partial charge on any atom is 0.318 e. The number of ether oxygens (including phenoxy) is 1. The molecule has 4 heterocycles. The molecule has 9 nitrogen and oxygen atoms in total. The Labute approximate surface area is 258 Å². The number of likely N-dealkylation sites (tertiary alicyclic amines) is 1. The smallest absolute Gasteiger partial charge is 0.318 e. The number of carbonyl (C=O) groups excluding carboxylic acids is 1. The number of terminal acetylenes is 1. The molecule has 0 spiro atoms. The number of halogens is 2. The molecule has 0 unspecified atom stereocenters. The highest BCUT2D eigenvalue weighted by Gasteiger charge is 2.31. The minimum atomic E-state index is -0.705. The molecule has 1 saturated heterocycles. The maximum absolute atomic E-state index is 16.3. The minimum absolute atomic E-state index is 0.00936. The van der Waals surface area contributed by atoms with Gasteiger partial charge in [0.15, 0.2) is 5.82 Å². The van der Waals surface area contributed by atoms with Crippen LogP contribution in [0.1, 0.15) is 22.8 Å². The number of methoxy groups -OCH3 is 1. The summed E-state index contributed by atoms with van der Waals surface area (Å²) in [6.45, 7) is 5.35. The molecule has 11 heteroatoms. The predicted octanol–water partition coefficient (Wildman–Crippen LogP) is 5.13. The third kappa shape index (κ3) is 5.62. The van der Waals surface area contributed by atoms with Crippen molar-refractivity contribution in [3.8, 4) is 29.6 Å². The van der Waals surface area contributed by atoms with Gasteiger partial charge in [-0.25, -0.2) is 18.7 Å². The molecule has 1 amide bonds. The minimum Gasteiger partial charge on any atom is -0.467 e. The normalized spacial score (nSPS) is 13.3. The number of fused-ring (bicyclic) bond motifs is 2. The van der Waals surface area contributed by atoms with Gasteiger partial charge >= 0.3 is 6.01 Å². The molecular weight excluding hydrogens is 576 g/mol. The molecule has 1 aliphatic rings. The van der Waals surface area contributed by atoms with Gasteiger partial charge in [-0.3, -0.25) is 9.78 Å². The van der Waals surface area contributed by atoms with Crippen molar-refractivity contribution >= 4 is 39.5 Å². The number of amides is 1. The Kier molecular flexibility index (Phi) is 7.81. The molecule has 2 aromatic carbocycles. The second-order valence-corrected chi connectivity index (χ2v) is 11.0. The van der Waals surface area contributed by atoms with Gasteiger partial charge < -0.3 is 14.5 Å². The fourth-order valence-corrected chi connectivity index (χ4v) is 5.72. The van der Waals surface area contributed by atoms with E-state index in [1.165, 1.54) is 25.4 Å². The summed E-state index contributed by atoms with van der Waals surface area (Å²) >= 11 is 0. The molecule has 1 fully saturated rings. The Hall–Kier alpha value is -5.50. The fourth-order valence-electron chi connectivity index (χ4n) is 5.72. The molecule has 0 radical (unpaired) electrons. The van der Waals surface area contributed by atoms with E-state index in [1.807, 2.05) is 31.9 Å². The Balaban J connectivity index is 1.25. The number of hydrogen-bond donors (Lipinski definition) is 0. The Morgan fingerprint density at radius 2 is 1.96 bits per heavy atom. The molecule has 0 N–H and O–H groups in total. The van der Waals surface area contributed by atoms with E-state index in [0.29, 0.717) is 58.7 Å². The van der Waals surface area contributed by atoms with Crippen LogP contribution in [-0.2, 0) is 4.79 Å². The van der Waals surface area contributed by atoms with Gasteiger partial charge in [-0.05, 0) is 37.4 Å². The lowest BCUT2D eigenvalue weighted by atomic mass is 9.96. The highest BCUT2D eigenvalue weighted by molar-refractivity contribution is 6.02. The summed E-state index contributed by atoms with van der Waals surface area (Å²) in [7, 11) is 3.24. The lowest BCUT2D eigenvalue weighted by Crippen LogP contribution is -2.53. The van der Waals surface area contributed by atoms with Crippen molar-refractivity contribution in [2.75, 3.05) is 38.7 Å². The van der Waals surface area contributed by atoms with E-state index in [1.54, 1.807) is 35.2 Å². The summed E-state index contributed by atoms with van der Waals surface area (Å²) in [5, 5.41) is 1.44. The number of anilines is 1. The van der Waals surface area contributed by atoms with Gasteiger partial charge in [0, 0.05) is 61.5 Å². The third-order valence-electron chi connectivity index (χ3n) is 7.77. The van der Waals surface area contributed by atoms with E-state index in [9.17, 15) is 9.18 Å². The van der Waals surface area contributed by atoms with Gasteiger partial charge in [-0.15, -0.1) is 6.42 Å². The molecule has 0 atom stereocenters. The molecular formula is C34H29F2N7O2. The highest BCUT2D eigenvalue weighted by atomic mass is 19.1. The van der Waals surface area contributed by atoms with E-state index in [4.69, 9.17) is 11.2 Å². The fraction of sp³-hybridized carbons (Fsp3) is 0.235. The topological polar surface area (TPSA) is 97.2 Å². The number of hydrogen-bond acceptors (Lipinski definition) is 8. The van der Waals surface area contributed by atoms with Gasteiger partial charge in [0.2, 0.25) is 5.91 Å². The molecule has 0 saturated carbocycles. The van der Waals surface area contributed by atoms with Gasteiger partial charge in [0.05, 0.1) is 23.8 Å². The molecule has 3 aromatic heterocycles. The van der Waals surface area contributed by atoms with Crippen molar-refractivity contribution in [1.82, 2.24) is 29.8 Å². The zero-order chi connectivity index (χ0) is 31.8. The SMILES string of the molecule is C#Cc1c(F)ccc2cccc(-c3ncc4c(N(C)CC5CN(C(=O)/C=C/c6cc(C)nc(C)n6)C5)nc(OC)nc4c3F)c12. The largest absolute Gasteiger partial charge is 0.467 e. The molecule has 0 bridgehead atoms. The quantitative estimate of drug-likeness (QED) is 0.186. The number of benzene rings is 2. The lowest BCUT2D eigenvalue weighted by Gasteiger charge is -2.40. The summed E-state index contributed by atoms with van der Waals surface area (Å²) in [5.74, 6) is 2.26. The summed E-state index contributed by atoms with van der Waals surface area (Å²) < 4.78 is 36.2. The number of carbonyl (C=O) groups is 1. The first-order chi connectivity index (χ1) is 21.7. The molecule has 226 valence electrons. The van der Waals surface area contributed by atoms with E-state index in [0.717, 1.165) is 5.69 Å². The molecule has 5 aromatic rings. The van der Waals surface area contributed by atoms with Crippen LogP contribution in [0.2, 0.25) is 0 Å². The molecule has 0 aliphatic carbocycles. The van der Waals surface area contributed by atoms with Gasteiger partial charge in [-0.1, -0.05) is 30.2 Å². The zero-order valence-corrected chi connectivity index (χ0v) is 25.2. The first kappa shape index (κ1) is 29.6. The number of rotatable bonds is 7. The standard InChI is InChI=1S/C34H29F2N7O2/c1-6-24-27(35)12-10-22-8-7-9-25(29(22)24)31-30(36)32-26(15-37-31)33(41-34(40-32)45-5)42(4)16-21-17-43(18-21)28(44)13-11-23-14-19(2)38-20(3)39-23/h1,7-15,21H,16-18H2,2-5H3/b13-11+. The Morgan fingerprint density at radius 3 is 2.69 bits per heavy atom. The van der Waals surface area contributed by atoms with Crippen molar-refractivity contribution in [3.63, 3.8) is 0 Å². The predicted molar refractivity (Wildman–Crippen MR) is 169 cm³/mol. The first-order valence-corrected chi connectivity index (χ1v) is 14.3. The van der Waals surface area contributed by atoms with Gasteiger partial charge in [0.25, 0.3) is 0 Å². The van der Waals surface area contributed by atoms with Crippen molar-refractivity contribution in [3.05, 3.63) is 83.1 Å². The maximum atomic E-state index is 16.3. The van der Waals surface area contributed by atoms with Crippen LogP contribution in [0.5, 0.6) is 6.01 Å². The second kappa shape index (κ2) is 11.9. The zero-order valence-electron chi connectivity index (χ0n) is 25.2. The van der Waals surface area contributed by atoms with Crippen LogP contribution in [0.15, 0.2) is 48.7 Å². The highest BCUT2D eigenvalue weighted by Crippen LogP contribution is 2.36. The van der Waals surface area contributed by atoms with Gasteiger partial charge in [0.1, 0.15) is 28.7 Å². The summed E-state index contributed by atoms with van der Waals surface area (Å²) in [6.07, 6.45) is 10.4. The van der Waals surface area contributed by atoms with Crippen LogP contribution in [0.25, 0.3) is 39.0 Å². The van der Waals surface area contributed by atoms with Gasteiger partial charge in [-0.2, -0.15) is 9.97 Å². The van der Waals surface area contributed by atoms with E-state index < -0.39 is 11.6 Å².